The summed E-state index contributed by atoms with van der Waals surface area (Å²) >= 11 is 0. The van der Waals surface area contributed by atoms with Gasteiger partial charge >= 0.3 is 0 Å². The number of hydrogen-bond donors (Lipinski definition) is 2. The minimum atomic E-state index is 0.617. The van der Waals surface area contributed by atoms with Crippen LogP contribution < -0.4 is 4.74 Å². The number of hydrogen-bond acceptors (Lipinski definition) is 2. The third kappa shape index (κ3) is 4.80. The van der Waals surface area contributed by atoms with Crippen molar-refractivity contribution in [1.29, 1.82) is 0 Å². The Hall–Kier alpha value is -2.49. The van der Waals surface area contributed by atoms with Gasteiger partial charge in [-0.2, -0.15) is 0 Å². The molecule has 3 heterocycles. The van der Waals surface area contributed by atoms with Crippen molar-refractivity contribution in [2.24, 2.45) is 10.9 Å². The van der Waals surface area contributed by atoms with Gasteiger partial charge in [-0.3, -0.25) is 4.99 Å². The van der Waals surface area contributed by atoms with Crippen molar-refractivity contribution in [2.75, 3.05) is 7.11 Å². The van der Waals surface area contributed by atoms with E-state index in [0.29, 0.717) is 5.92 Å². The lowest BCUT2D eigenvalue weighted by Gasteiger charge is -2.19. The average molecular weight is 406 g/mol. The van der Waals surface area contributed by atoms with Gasteiger partial charge in [0.25, 0.3) is 0 Å². The predicted octanol–water partition coefficient (Wildman–Crippen LogP) is 7.29. The second-order valence-corrected chi connectivity index (χ2v) is 8.63. The van der Waals surface area contributed by atoms with Gasteiger partial charge in [0.1, 0.15) is 5.75 Å². The zero-order valence-electron chi connectivity index (χ0n) is 18.5. The number of nitrogens with one attached hydrogen (secondary N) is 2. The first-order valence-electron chi connectivity index (χ1n) is 11.7. The fourth-order valence-electron chi connectivity index (χ4n) is 4.73. The van der Waals surface area contributed by atoms with Crippen molar-refractivity contribution in [3.8, 4) is 17.1 Å². The topological polar surface area (TPSA) is 53.2 Å². The average Bonchev–Trinajstić information content (AvgIpc) is 3.49. The van der Waals surface area contributed by atoms with Crippen molar-refractivity contribution in [3.05, 3.63) is 47.4 Å². The van der Waals surface area contributed by atoms with Crippen LogP contribution in [0.2, 0.25) is 0 Å². The molecule has 4 rings (SSSR count). The summed E-state index contributed by atoms with van der Waals surface area (Å²) in [6, 6.07) is 6.14. The molecule has 2 aromatic heterocycles. The Labute approximate surface area is 180 Å². The molecule has 2 aliphatic rings. The number of aromatic amines is 2. The Bertz CT molecular complexity index is 914. The van der Waals surface area contributed by atoms with Gasteiger partial charge in [0.2, 0.25) is 0 Å². The minimum absolute atomic E-state index is 0.617. The van der Waals surface area contributed by atoms with E-state index in [4.69, 9.17) is 9.73 Å². The summed E-state index contributed by atoms with van der Waals surface area (Å²) < 4.78 is 5.68. The first-order chi connectivity index (χ1) is 14.8. The van der Waals surface area contributed by atoms with Gasteiger partial charge in [0, 0.05) is 18.0 Å². The number of rotatable bonds is 7. The van der Waals surface area contributed by atoms with Crippen LogP contribution >= 0.6 is 0 Å². The van der Waals surface area contributed by atoms with Crippen LogP contribution in [0.15, 0.2) is 46.7 Å². The summed E-state index contributed by atoms with van der Waals surface area (Å²) in [5.74, 6) is 1.48. The SMILES string of the molecule is CCCCC[C@H]1CCCCCCC2=NC(=Cc3[nH]c(-c4ccc[nH]4)cc3OC)C1=C2. The van der Waals surface area contributed by atoms with Crippen LogP contribution in [0.3, 0.4) is 0 Å². The molecule has 0 radical (unpaired) electrons. The van der Waals surface area contributed by atoms with E-state index >= 15 is 0 Å². The molecule has 30 heavy (non-hydrogen) atoms. The number of aliphatic imine (C=N–C) groups is 1. The molecule has 0 unspecified atom stereocenters. The molecule has 2 aromatic rings. The first-order valence-corrected chi connectivity index (χ1v) is 11.7. The van der Waals surface area contributed by atoms with Gasteiger partial charge in [0.05, 0.1) is 29.9 Å². The van der Waals surface area contributed by atoms with E-state index in [-0.39, 0.29) is 0 Å². The fourth-order valence-corrected chi connectivity index (χ4v) is 4.73. The number of nitrogens with zero attached hydrogens (tertiary/aromatic N) is 1. The molecule has 0 aromatic carbocycles. The summed E-state index contributed by atoms with van der Waals surface area (Å²) in [5, 5.41) is 0. The molecule has 0 spiro atoms. The Morgan fingerprint density at radius 2 is 2.07 bits per heavy atom. The largest absolute Gasteiger partial charge is 0.494 e. The molecule has 2 bridgehead atoms. The molecule has 0 amide bonds. The van der Waals surface area contributed by atoms with E-state index in [2.05, 4.69) is 41.2 Å². The highest BCUT2D eigenvalue weighted by molar-refractivity contribution is 6.00. The smallest absolute Gasteiger partial charge is 0.144 e. The molecule has 2 N–H and O–H groups in total. The second-order valence-electron chi connectivity index (χ2n) is 8.63. The van der Waals surface area contributed by atoms with E-state index in [1.165, 1.54) is 69.1 Å². The summed E-state index contributed by atoms with van der Waals surface area (Å²) in [5.41, 5.74) is 6.93. The summed E-state index contributed by atoms with van der Waals surface area (Å²) in [7, 11) is 1.74. The Morgan fingerprint density at radius 1 is 1.17 bits per heavy atom. The number of allylic oxidation sites excluding steroid dienone is 2. The third-order valence-corrected chi connectivity index (χ3v) is 6.41. The number of fused-ring (bicyclic) bond motifs is 1. The van der Waals surface area contributed by atoms with Crippen LogP contribution in [0.5, 0.6) is 5.75 Å². The molecule has 1 aliphatic carbocycles. The van der Waals surface area contributed by atoms with Crippen molar-refractivity contribution >= 4 is 11.8 Å². The highest BCUT2D eigenvalue weighted by Gasteiger charge is 2.24. The molecule has 1 atom stereocenters. The van der Waals surface area contributed by atoms with Crippen LogP contribution in [0.25, 0.3) is 17.5 Å². The quantitative estimate of drug-likeness (QED) is 0.467. The van der Waals surface area contributed by atoms with Crippen LogP contribution in [-0.4, -0.2) is 22.8 Å². The zero-order valence-corrected chi connectivity index (χ0v) is 18.5. The monoisotopic (exact) mass is 405 g/mol. The Balaban J connectivity index is 1.66. The van der Waals surface area contributed by atoms with E-state index in [1.54, 1.807) is 7.11 Å². The van der Waals surface area contributed by atoms with Gasteiger partial charge < -0.3 is 14.7 Å². The maximum Gasteiger partial charge on any atom is 0.144 e. The van der Waals surface area contributed by atoms with Gasteiger partial charge in [-0.1, -0.05) is 45.4 Å². The number of unbranched alkanes of at least 4 members (excludes halogenated alkanes) is 2. The van der Waals surface area contributed by atoms with Crippen LogP contribution in [-0.2, 0) is 0 Å². The lowest BCUT2D eigenvalue weighted by Crippen LogP contribution is -2.06. The van der Waals surface area contributed by atoms with Crippen molar-refractivity contribution in [2.45, 2.75) is 71.1 Å². The second kappa shape index (κ2) is 10.0. The van der Waals surface area contributed by atoms with Crippen LogP contribution in [0.4, 0.5) is 0 Å². The minimum Gasteiger partial charge on any atom is -0.494 e. The third-order valence-electron chi connectivity index (χ3n) is 6.41. The summed E-state index contributed by atoms with van der Waals surface area (Å²) in [6.45, 7) is 2.29. The van der Waals surface area contributed by atoms with E-state index in [0.717, 1.165) is 34.9 Å². The van der Waals surface area contributed by atoms with Crippen molar-refractivity contribution in [1.82, 2.24) is 9.97 Å². The normalized spacial score (nSPS) is 20.9. The highest BCUT2D eigenvalue weighted by Crippen LogP contribution is 2.37. The fraction of sp³-hybridized carbons (Fsp3) is 0.500. The molecule has 1 aliphatic heterocycles. The number of aromatic nitrogens is 2. The van der Waals surface area contributed by atoms with Gasteiger partial charge in [-0.05, 0) is 61.5 Å². The number of H-pyrrole nitrogens is 2. The van der Waals surface area contributed by atoms with Crippen LogP contribution in [0, 0.1) is 5.92 Å². The molecule has 160 valence electrons. The maximum atomic E-state index is 5.68. The Kier molecular flexibility index (Phi) is 6.93. The summed E-state index contributed by atoms with van der Waals surface area (Å²) in [4.78, 5) is 11.9. The first kappa shape index (κ1) is 20.8. The van der Waals surface area contributed by atoms with Gasteiger partial charge in [-0.25, -0.2) is 0 Å². The van der Waals surface area contributed by atoms with Crippen molar-refractivity contribution < 1.29 is 4.74 Å². The Morgan fingerprint density at radius 3 is 2.87 bits per heavy atom. The van der Waals surface area contributed by atoms with Gasteiger partial charge in [-0.15, -0.1) is 0 Å². The van der Waals surface area contributed by atoms with E-state index in [9.17, 15) is 0 Å². The number of methoxy groups -OCH3 is 1. The maximum absolute atomic E-state index is 5.68. The van der Waals surface area contributed by atoms with E-state index in [1.807, 2.05) is 12.3 Å². The molecular formula is C26H35N3O. The summed E-state index contributed by atoms with van der Waals surface area (Å²) in [6.07, 6.45) is 19.4. The molecule has 4 nitrogen and oxygen atoms in total. The number of ether oxygens (including phenoxy) is 1. The lowest BCUT2D eigenvalue weighted by molar-refractivity contribution is 0.414. The molecular weight excluding hydrogens is 370 g/mol. The standard InChI is InChI=1S/C26H35N3O/c1-3-4-7-11-19-12-8-5-6-9-13-20-16-21(19)23(28-20)17-25-26(30-2)18-24(29-25)22-14-10-15-27-22/h10,14-19,27,29H,3-9,11-13H2,1-2H3/t19-/m0/s1. The van der Waals surface area contributed by atoms with Gasteiger partial charge in [0.15, 0.2) is 0 Å². The van der Waals surface area contributed by atoms with E-state index < -0.39 is 0 Å². The molecule has 0 fully saturated rings. The van der Waals surface area contributed by atoms with Crippen molar-refractivity contribution in [3.63, 3.8) is 0 Å². The zero-order chi connectivity index (χ0) is 20.8. The molecule has 0 saturated carbocycles. The van der Waals surface area contributed by atoms with Crippen LogP contribution in [0.1, 0.15) is 76.8 Å². The molecule has 4 heteroatoms. The predicted molar refractivity (Wildman–Crippen MR) is 126 cm³/mol. The molecule has 0 saturated heterocycles. The highest BCUT2D eigenvalue weighted by atomic mass is 16.5. The lowest BCUT2D eigenvalue weighted by atomic mass is 9.85.